The van der Waals surface area contributed by atoms with Crippen LogP contribution in [0.2, 0.25) is 0 Å². The second-order valence-electron chi connectivity index (χ2n) is 6.33. The first kappa shape index (κ1) is 14.5. The maximum Gasteiger partial charge on any atom is 0.0345 e. The minimum absolute atomic E-state index is 0.339. The van der Waals surface area contributed by atoms with Crippen LogP contribution in [0.15, 0.2) is 29.6 Å². The van der Waals surface area contributed by atoms with Crippen molar-refractivity contribution in [2.75, 3.05) is 13.1 Å². The maximum absolute atomic E-state index is 3.52. The Bertz CT molecular complexity index is 521. The SMILES string of the molecule is CCNCC(Cc1csc2ccccc12)C(C)(C)C. The molecular weight excluding hydrogens is 250 g/mol. The van der Waals surface area contributed by atoms with Gasteiger partial charge in [-0.05, 0) is 53.2 Å². The average molecular weight is 275 g/mol. The van der Waals surface area contributed by atoms with Crippen LogP contribution in [0, 0.1) is 11.3 Å². The molecule has 0 radical (unpaired) electrons. The highest BCUT2D eigenvalue weighted by atomic mass is 32.1. The van der Waals surface area contributed by atoms with Crippen LogP contribution in [0.1, 0.15) is 33.3 Å². The lowest BCUT2D eigenvalue weighted by molar-refractivity contribution is 0.232. The number of thiophene rings is 1. The second kappa shape index (κ2) is 6.06. The van der Waals surface area contributed by atoms with Crippen molar-refractivity contribution in [3.05, 3.63) is 35.2 Å². The zero-order valence-corrected chi connectivity index (χ0v) is 13.3. The van der Waals surface area contributed by atoms with Gasteiger partial charge in [-0.1, -0.05) is 45.9 Å². The van der Waals surface area contributed by atoms with Crippen molar-refractivity contribution >= 4 is 21.4 Å². The molecule has 0 aliphatic carbocycles. The first-order chi connectivity index (χ1) is 9.02. The van der Waals surface area contributed by atoms with Gasteiger partial charge in [0.25, 0.3) is 0 Å². The van der Waals surface area contributed by atoms with E-state index >= 15 is 0 Å². The highest BCUT2D eigenvalue weighted by Gasteiger charge is 2.25. The molecule has 0 fully saturated rings. The van der Waals surface area contributed by atoms with Gasteiger partial charge in [0.05, 0.1) is 0 Å². The average Bonchev–Trinajstić information content (AvgIpc) is 2.76. The topological polar surface area (TPSA) is 12.0 Å². The summed E-state index contributed by atoms with van der Waals surface area (Å²) in [5.74, 6) is 0.672. The third kappa shape index (κ3) is 3.58. The molecule has 1 nitrogen and oxygen atoms in total. The molecule has 104 valence electrons. The van der Waals surface area contributed by atoms with Crippen LogP contribution in [0.3, 0.4) is 0 Å². The Labute approximate surface area is 121 Å². The van der Waals surface area contributed by atoms with E-state index in [0.717, 1.165) is 13.1 Å². The van der Waals surface area contributed by atoms with E-state index in [1.54, 1.807) is 0 Å². The summed E-state index contributed by atoms with van der Waals surface area (Å²) in [5.41, 5.74) is 1.85. The van der Waals surface area contributed by atoms with E-state index in [9.17, 15) is 0 Å². The van der Waals surface area contributed by atoms with E-state index in [0.29, 0.717) is 11.3 Å². The zero-order chi connectivity index (χ0) is 13.9. The van der Waals surface area contributed by atoms with Crippen LogP contribution in [0.25, 0.3) is 10.1 Å². The summed E-state index contributed by atoms with van der Waals surface area (Å²) in [7, 11) is 0. The van der Waals surface area contributed by atoms with Crippen LogP contribution in [-0.4, -0.2) is 13.1 Å². The summed E-state index contributed by atoms with van der Waals surface area (Å²) in [4.78, 5) is 0. The Kier molecular flexibility index (Phi) is 4.64. The number of rotatable bonds is 5. The lowest BCUT2D eigenvalue weighted by atomic mass is 9.77. The first-order valence-corrected chi connectivity index (χ1v) is 8.06. The van der Waals surface area contributed by atoms with Crippen molar-refractivity contribution < 1.29 is 0 Å². The summed E-state index contributed by atoms with van der Waals surface area (Å²) in [6.45, 7) is 11.4. The molecule has 0 spiro atoms. The van der Waals surface area contributed by atoms with Crippen molar-refractivity contribution in [1.82, 2.24) is 5.32 Å². The van der Waals surface area contributed by atoms with Gasteiger partial charge >= 0.3 is 0 Å². The quantitative estimate of drug-likeness (QED) is 0.833. The monoisotopic (exact) mass is 275 g/mol. The molecule has 19 heavy (non-hydrogen) atoms. The highest BCUT2D eigenvalue weighted by molar-refractivity contribution is 7.17. The minimum atomic E-state index is 0.339. The Morgan fingerprint density at radius 3 is 2.63 bits per heavy atom. The number of hydrogen-bond acceptors (Lipinski definition) is 2. The normalized spacial score (nSPS) is 13.9. The summed E-state index contributed by atoms with van der Waals surface area (Å²) >= 11 is 1.87. The van der Waals surface area contributed by atoms with Gasteiger partial charge in [0, 0.05) is 4.70 Å². The van der Waals surface area contributed by atoms with Crippen LogP contribution < -0.4 is 5.32 Å². The molecule has 1 aromatic heterocycles. The molecule has 0 amide bonds. The lowest BCUT2D eigenvalue weighted by Gasteiger charge is -2.31. The molecule has 1 atom stereocenters. The third-order valence-corrected chi connectivity index (χ3v) is 4.91. The highest BCUT2D eigenvalue weighted by Crippen LogP contribution is 2.33. The fourth-order valence-electron chi connectivity index (χ4n) is 2.46. The fourth-order valence-corrected chi connectivity index (χ4v) is 3.44. The molecule has 1 aromatic carbocycles. The lowest BCUT2D eigenvalue weighted by Crippen LogP contribution is -2.33. The smallest absolute Gasteiger partial charge is 0.0345 e. The molecule has 0 aliphatic rings. The second-order valence-corrected chi connectivity index (χ2v) is 7.24. The number of fused-ring (bicyclic) bond motifs is 1. The molecule has 1 unspecified atom stereocenters. The predicted molar refractivity (Wildman–Crippen MR) is 87.0 cm³/mol. The molecule has 1 N–H and O–H groups in total. The predicted octanol–water partition coefficient (Wildman–Crippen LogP) is 4.72. The summed E-state index contributed by atoms with van der Waals surface area (Å²) in [6.07, 6.45) is 1.17. The van der Waals surface area contributed by atoms with Crippen LogP contribution >= 0.6 is 11.3 Å². The van der Waals surface area contributed by atoms with Crippen molar-refractivity contribution in [3.8, 4) is 0 Å². The van der Waals surface area contributed by atoms with Crippen LogP contribution in [-0.2, 0) is 6.42 Å². The van der Waals surface area contributed by atoms with Gasteiger partial charge in [0.1, 0.15) is 0 Å². The molecule has 2 aromatic rings. The van der Waals surface area contributed by atoms with Crippen molar-refractivity contribution in [3.63, 3.8) is 0 Å². The zero-order valence-electron chi connectivity index (χ0n) is 12.5. The van der Waals surface area contributed by atoms with Crippen molar-refractivity contribution in [2.45, 2.75) is 34.1 Å². The van der Waals surface area contributed by atoms with Gasteiger partial charge in [-0.15, -0.1) is 11.3 Å². The molecule has 0 bridgehead atoms. The Morgan fingerprint density at radius 2 is 1.95 bits per heavy atom. The van der Waals surface area contributed by atoms with E-state index < -0.39 is 0 Å². The van der Waals surface area contributed by atoms with E-state index in [4.69, 9.17) is 0 Å². The van der Waals surface area contributed by atoms with Gasteiger partial charge in [-0.25, -0.2) is 0 Å². The van der Waals surface area contributed by atoms with E-state index in [1.165, 1.54) is 22.1 Å². The Morgan fingerprint density at radius 1 is 1.21 bits per heavy atom. The first-order valence-electron chi connectivity index (χ1n) is 7.18. The van der Waals surface area contributed by atoms with Crippen molar-refractivity contribution in [1.29, 1.82) is 0 Å². The molecule has 2 rings (SSSR count). The molecule has 1 heterocycles. The van der Waals surface area contributed by atoms with Gasteiger partial charge in [0.2, 0.25) is 0 Å². The maximum atomic E-state index is 3.52. The number of nitrogens with one attached hydrogen (secondary N) is 1. The third-order valence-electron chi connectivity index (χ3n) is 3.89. The Balaban J connectivity index is 2.21. The summed E-state index contributed by atoms with van der Waals surface area (Å²) in [6, 6.07) is 8.76. The number of hydrogen-bond donors (Lipinski definition) is 1. The van der Waals surface area contributed by atoms with Crippen LogP contribution in [0.5, 0.6) is 0 Å². The van der Waals surface area contributed by atoms with Gasteiger partial charge in [-0.3, -0.25) is 0 Å². The summed E-state index contributed by atoms with van der Waals surface area (Å²) in [5, 5.41) is 7.30. The van der Waals surface area contributed by atoms with Crippen LogP contribution in [0.4, 0.5) is 0 Å². The van der Waals surface area contributed by atoms with Gasteiger partial charge in [0.15, 0.2) is 0 Å². The van der Waals surface area contributed by atoms with Crippen molar-refractivity contribution in [2.24, 2.45) is 11.3 Å². The largest absolute Gasteiger partial charge is 0.317 e. The van der Waals surface area contributed by atoms with E-state index in [-0.39, 0.29) is 0 Å². The van der Waals surface area contributed by atoms with E-state index in [1.807, 2.05) is 11.3 Å². The minimum Gasteiger partial charge on any atom is -0.317 e. The van der Waals surface area contributed by atoms with Gasteiger partial charge in [-0.2, -0.15) is 0 Å². The molecule has 0 aliphatic heterocycles. The van der Waals surface area contributed by atoms with E-state index in [2.05, 4.69) is 62.7 Å². The molecular formula is C17H25NS. The standard InChI is InChI=1S/C17H25NS/c1-5-18-11-14(17(2,3)4)10-13-12-19-16-9-7-6-8-15(13)16/h6-9,12,14,18H,5,10-11H2,1-4H3. The molecule has 0 saturated heterocycles. The molecule has 2 heteroatoms. The molecule has 0 saturated carbocycles. The number of benzene rings is 1. The fraction of sp³-hybridized carbons (Fsp3) is 0.529. The Hall–Kier alpha value is -0.860. The summed E-state index contributed by atoms with van der Waals surface area (Å²) < 4.78 is 1.41. The van der Waals surface area contributed by atoms with Gasteiger partial charge < -0.3 is 5.32 Å².